The number of thiazole rings is 1. The van der Waals surface area contributed by atoms with Gasteiger partial charge in [-0.05, 0) is 24.6 Å². The third-order valence-corrected chi connectivity index (χ3v) is 3.95. The molecule has 2 aromatic heterocycles. The minimum absolute atomic E-state index is 0.125. The van der Waals surface area contributed by atoms with Crippen LogP contribution >= 0.6 is 11.3 Å². The highest BCUT2D eigenvalue weighted by Crippen LogP contribution is 2.23. The van der Waals surface area contributed by atoms with Crippen molar-refractivity contribution in [3.05, 3.63) is 57.3 Å². The molecule has 0 saturated heterocycles. The summed E-state index contributed by atoms with van der Waals surface area (Å²) in [6.45, 7) is 2.08. The summed E-state index contributed by atoms with van der Waals surface area (Å²) in [5, 5.41) is 11.8. The molecule has 1 atom stereocenters. The molecule has 0 aliphatic rings. The summed E-state index contributed by atoms with van der Waals surface area (Å²) in [6, 6.07) is 9.63. The van der Waals surface area contributed by atoms with Crippen LogP contribution in [0.25, 0.3) is 11.3 Å². The number of H-pyrrole nitrogens is 2. The Hall–Kier alpha value is -2.34. The Labute approximate surface area is 119 Å². The topological polar surface area (TPSA) is 73.6 Å². The van der Waals surface area contributed by atoms with Gasteiger partial charge in [0.25, 0.3) is 5.56 Å². The number of rotatable bonds is 4. The first-order valence-electron chi connectivity index (χ1n) is 6.26. The van der Waals surface area contributed by atoms with E-state index in [1.54, 1.807) is 17.4 Å². The van der Waals surface area contributed by atoms with Gasteiger partial charge in [0.15, 0.2) is 0 Å². The minimum atomic E-state index is -0.125. The van der Waals surface area contributed by atoms with E-state index in [1.165, 1.54) is 0 Å². The molecular formula is C14H14N4OS. The van der Waals surface area contributed by atoms with Gasteiger partial charge in [0.2, 0.25) is 0 Å². The van der Waals surface area contributed by atoms with Gasteiger partial charge in [-0.3, -0.25) is 15.0 Å². The van der Waals surface area contributed by atoms with E-state index in [-0.39, 0.29) is 11.6 Å². The highest BCUT2D eigenvalue weighted by atomic mass is 32.1. The molecule has 102 valence electrons. The highest BCUT2D eigenvalue weighted by molar-refractivity contribution is 7.09. The first-order valence-corrected chi connectivity index (χ1v) is 7.14. The molecule has 3 N–H and O–H groups in total. The van der Waals surface area contributed by atoms with E-state index in [0.29, 0.717) is 0 Å². The number of nitrogens with one attached hydrogen (secondary N) is 3. The summed E-state index contributed by atoms with van der Waals surface area (Å²) >= 11 is 1.64. The highest BCUT2D eigenvalue weighted by Gasteiger charge is 2.08. The Morgan fingerprint density at radius 2 is 2.05 bits per heavy atom. The smallest absolute Gasteiger partial charge is 0.264 e. The molecule has 0 spiro atoms. The average molecular weight is 286 g/mol. The fourth-order valence-electron chi connectivity index (χ4n) is 1.99. The molecule has 5 nitrogen and oxygen atoms in total. The summed E-state index contributed by atoms with van der Waals surface area (Å²) in [4.78, 5) is 15.4. The van der Waals surface area contributed by atoms with Crippen LogP contribution in [-0.4, -0.2) is 15.2 Å². The predicted octanol–water partition coefficient (Wildman–Crippen LogP) is 3.00. The van der Waals surface area contributed by atoms with Crippen LogP contribution in [0, 0.1) is 0 Å². The van der Waals surface area contributed by atoms with E-state index in [0.717, 1.165) is 22.0 Å². The maximum absolute atomic E-state index is 11.1. The van der Waals surface area contributed by atoms with Gasteiger partial charge in [-0.15, -0.1) is 11.3 Å². The van der Waals surface area contributed by atoms with Gasteiger partial charge < -0.3 is 5.32 Å². The standard InChI is InChI=1S/C14H14N4OS/c1-9(14-15-6-7-20-14)16-11-4-2-10(3-5-11)12-8-13(19)18-17-12/h2-9,16H,1H3,(H2,17,18,19). The minimum Gasteiger partial charge on any atom is -0.376 e. The second-order valence-electron chi connectivity index (χ2n) is 4.49. The second kappa shape index (κ2) is 5.34. The van der Waals surface area contributed by atoms with E-state index in [9.17, 15) is 4.79 Å². The SMILES string of the molecule is CC(Nc1ccc(-c2cc(=O)[nH][nH]2)cc1)c1nccs1. The van der Waals surface area contributed by atoms with Crippen molar-refractivity contribution in [3.8, 4) is 11.3 Å². The van der Waals surface area contributed by atoms with Gasteiger partial charge in [0.1, 0.15) is 5.01 Å². The quantitative estimate of drug-likeness (QED) is 0.690. The van der Waals surface area contributed by atoms with Crippen molar-refractivity contribution >= 4 is 17.0 Å². The van der Waals surface area contributed by atoms with Gasteiger partial charge in [0, 0.05) is 23.3 Å². The Bertz CT molecular complexity index is 727. The number of aromatic nitrogens is 3. The molecule has 0 fully saturated rings. The van der Waals surface area contributed by atoms with Crippen molar-refractivity contribution < 1.29 is 0 Å². The summed E-state index contributed by atoms with van der Waals surface area (Å²) in [5.74, 6) is 0. The van der Waals surface area contributed by atoms with E-state index >= 15 is 0 Å². The van der Waals surface area contributed by atoms with Crippen LogP contribution in [0.15, 0.2) is 46.7 Å². The molecule has 2 heterocycles. The number of anilines is 1. The summed E-state index contributed by atoms with van der Waals surface area (Å²) in [7, 11) is 0. The van der Waals surface area contributed by atoms with Gasteiger partial charge in [-0.2, -0.15) is 0 Å². The molecule has 1 aromatic carbocycles. The van der Waals surface area contributed by atoms with Crippen molar-refractivity contribution in [3.63, 3.8) is 0 Å². The van der Waals surface area contributed by atoms with E-state index in [2.05, 4.69) is 27.4 Å². The molecule has 3 rings (SSSR count). The van der Waals surface area contributed by atoms with Crippen molar-refractivity contribution in [2.75, 3.05) is 5.32 Å². The Morgan fingerprint density at radius 3 is 2.65 bits per heavy atom. The van der Waals surface area contributed by atoms with Crippen LogP contribution in [-0.2, 0) is 0 Å². The van der Waals surface area contributed by atoms with Crippen LogP contribution in [0.3, 0.4) is 0 Å². The maximum atomic E-state index is 11.1. The van der Waals surface area contributed by atoms with E-state index in [4.69, 9.17) is 0 Å². The molecule has 0 aliphatic heterocycles. The molecule has 3 aromatic rings. The van der Waals surface area contributed by atoms with Crippen LogP contribution < -0.4 is 10.9 Å². The third-order valence-electron chi connectivity index (χ3n) is 3.00. The molecule has 0 aliphatic carbocycles. The number of benzene rings is 1. The number of hydrogen-bond acceptors (Lipinski definition) is 4. The van der Waals surface area contributed by atoms with Gasteiger partial charge in [-0.25, -0.2) is 4.98 Å². The van der Waals surface area contributed by atoms with Crippen LogP contribution in [0.1, 0.15) is 18.0 Å². The zero-order chi connectivity index (χ0) is 13.9. The normalized spacial score (nSPS) is 12.2. The molecule has 0 bridgehead atoms. The Balaban J connectivity index is 1.75. The van der Waals surface area contributed by atoms with Crippen molar-refractivity contribution in [2.45, 2.75) is 13.0 Å². The lowest BCUT2D eigenvalue weighted by Gasteiger charge is -2.12. The van der Waals surface area contributed by atoms with Crippen molar-refractivity contribution in [2.24, 2.45) is 0 Å². The first-order chi connectivity index (χ1) is 9.72. The maximum Gasteiger partial charge on any atom is 0.264 e. The van der Waals surface area contributed by atoms with Crippen LogP contribution in [0.4, 0.5) is 5.69 Å². The van der Waals surface area contributed by atoms with Crippen molar-refractivity contribution in [1.82, 2.24) is 15.2 Å². The Kier molecular flexibility index (Phi) is 3.39. The summed E-state index contributed by atoms with van der Waals surface area (Å²) in [5.41, 5.74) is 2.65. The van der Waals surface area contributed by atoms with Gasteiger partial charge >= 0.3 is 0 Å². The molecule has 20 heavy (non-hydrogen) atoms. The predicted molar refractivity (Wildman–Crippen MR) is 81.0 cm³/mol. The van der Waals surface area contributed by atoms with Crippen LogP contribution in [0.5, 0.6) is 0 Å². The number of hydrogen-bond donors (Lipinski definition) is 3. The zero-order valence-electron chi connectivity index (χ0n) is 10.9. The lowest BCUT2D eigenvalue weighted by Crippen LogP contribution is -2.05. The fourth-order valence-corrected chi connectivity index (χ4v) is 2.64. The van der Waals surface area contributed by atoms with Crippen molar-refractivity contribution in [1.29, 1.82) is 0 Å². The average Bonchev–Trinajstić information content (AvgIpc) is 3.10. The van der Waals surface area contributed by atoms with E-state index in [1.807, 2.05) is 35.8 Å². The van der Waals surface area contributed by atoms with Gasteiger partial charge in [0.05, 0.1) is 11.7 Å². The van der Waals surface area contributed by atoms with E-state index < -0.39 is 0 Å². The molecule has 0 amide bonds. The summed E-state index contributed by atoms with van der Waals surface area (Å²) in [6.07, 6.45) is 1.81. The van der Waals surface area contributed by atoms with Gasteiger partial charge in [-0.1, -0.05) is 12.1 Å². The number of nitrogens with zero attached hydrogens (tertiary/aromatic N) is 1. The third kappa shape index (κ3) is 2.65. The second-order valence-corrected chi connectivity index (χ2v) is 5.41. The Morgan fingerprint density at radius 1 is 1.25 bits per heavy atom. The monoisotopic (exact) mass is 286 g/mol. The first kappa shape index (κ1) is 12.7. The largest absolute Gasteiger partial charge is 0.376 e. The lowest BCUT2D eigenvalue weighted by atomic mass is 10.1. The molecule has 0 saturated carbocycles. The molecule has 6 heteroatoms. The zero-order valence-corrected chi connectivity index (χ0v) is 11.7. The van der Waals surface area contributed by atoms with Crippen LogP contribution in [0.2, 0.25) is 0 Å². The summed E-state index contributed by atoms with van der Waals surface area (Å²) < 4.78 is 0. The number of aromatic amines is 2. The molecular weight excluding hydrogens is 272 g/mol. The molecule has 0 radical (unpaired) electrons. The fraction of sp³-hybridized carbons (Fsp3) is 0.143. The molecule has 1 unspecified atom stereocenters. The lowest BCUT2D eigenvalue weighted by molar-refractivity contribution is 0.870.